The number of nitrogens with zero attached hydrogens (tertiary/aromatic N) is 5. The molecule has 0 unspecified atom stereocenters. The SMILES string of the molecule is O=C(c1nc(-c2ccccc2)nc2ccccc12)N1CCN(c2ccccn2)CC1. The van der Waals surface area contributed by atoms with Crippen molar-refractivity contribution in [2.24, 2.45) is 0 Å². The van der Waals surface area contributed by atoms with E-state index < -0.39 is 0 Å². The predicted octanol–water partition coefficient (Wildman–Crippen LogP) is 3.65. The molecule has 0 spiro atoms. The smallest absolute Gasteiger partial charge is 0.273 e. The highest BCUT2D eigenvalue weighted by Crippen LogP contribution is 2.23. The van der Waals surface area contributed by atoms with Gasteiger partial charge in [-0.25, -0.2) is 15.0 Å². The molecule has 5 rings (SSSR count). The molecule has 4 aromatic rings. The summed E-state index contributed by atoms with van der Waals surface area (Å²) in [5, 5.41) is 0.786. The van der Waals surface area contributed by atoms with Gasteiger partial charge in [-0.3, -0.25) is 4.79 Å². The normalized spacial score (nSPS) is 14.1. The molecule has 1 fully saturated rings. The molecule has 3 heterocycles. The third kappa shape index (κ3) is 3.48. The van der Waals surface area contributed by atoms with Crippen LogP contribution in [0.2, 0.25) is 0 Å². The molecule has 0 radical (unpaired) electrons. The maximum absolute atomic E-state index is 13.4. The number of carbonyl (C=O) groups excluding carboxylic acids is 1. The number of piperazine rings is 1. The molecular weight excluding hydrogens is 374 g/mol. The first-order valence-electron chi connectivity index (χ1n) is 10.1. The summed E-state index contributed by atoms with van der Waals surface area (Å²) in [6, 6.07) is 23.4. The Balaban J connectivity index is 1.45. The average Bonchev–Trinajstić information content (AvgIpc) is 2.84. The molecule has 1 aliphatic heterocycles. The molecule has 0 bridgehead atoms. The number of aromatic nitrogens is 3. The molecule has 6 nitrogen and oxygen atoms in total. The van der Waals surface area contributed by atoms with Crippen molar-refractivity contribution in [3.8, 4) is 11.4 Å². The van der Waals surface area contributed by atoms with Crippen LogP contribution < -0.4 is 4.90 Å². The molecule has 2 aromatic carbocycles. The lowest BCUT2D eigenvalue weighted by Crippen LogP contribution is -2.49. The fourth-order valence-electron chi connectivity index (χ4n) is 3.79. The number of pyridine rings is 1. The second kappa shape index (κ2) is 7.91. The molecule has 1 amide bonds. The van der Waals surface area contributed by atoms with Gasteiger partial charge in [-0.2, -0.15) is 0 Å². The van der Waals surface area contributed by atoms with Gasteiger partial charge in [0.2, 0.25) is 0 Å². The Morgan fingerprint density at radius 3 is 2.27 bits per heavy atom. The highest BCUT2D eigenvalue weighted by molar-refractivity contribution is 6.05. The van der Waals surface area contributed by atoms with Gasteiger partial charge in [0.1, 0.15) is 11.5 Å². The predicted molar refractivity (Wildman–Crippen MR) is 117 cm³/mol. The van der Waals surface area contributed by atoms with Gasteiger partial charge in [0.05, 0.1) is 5.52 Å². The quantitative estimate of drug-likeness (QED) is 0.530. The van der Waals surface area contributed by atoms with Gasteiger partial charge in [-0.15, -0.1) is 0 Å². The Morgan fingerprint density at radius 1 is 0.767 bits per heavy atom. The van der Waals surface area contributed by atoms with E-state index in [0.717, 1.165) is 35.4 Å². The summed E-state index contributed by atoms with van der Waals surface area (Å²) in [6.07, 6.45) is 1.80. The minimum absolute atomic E-state index is 0.0496. The van der Waals surface area contributed by atoms with Crippen LogP contribution >= 0.6 is 0 Å². The van der Waals surface area contributed by atoms with E-state index in [0.29, 0.717) is 24.6 Å². The second-order valence-electron chi connectivity index (χ2n) is 7.25. The van der Waals surface area contributed by atoms with Gasteiger partial charge in [-0.05, 0) is 18.2 Å². The van der Waals surface area contributed by atoms with E-state index in [1.807, 2.05) is 77.7 Å². The van der Waals surface area contributed by atoms with E-state index in [1.54, 1.807) is 6.20 Å². The van der Waals surface area contributed by atoms with Crippen molar-refractivity contribution in [1.82, 2.24) is 19.9 Å². The van der Waals surface area contributed by atoms with E-state index in [-0.39, 0.29) is 5.91 Å². The standard InChI is InChI=1S/C24H21N5O/c30-24(29-16-14-28(15-17-29)21-12-6-7-13-25-21)22-19-10-4-5-11-20(19)26-23(27-22)18-8-2-1-3-9-18/h1-13H,14-17H2. The topological polar surface area (TPSA) is 62.2 Å². The lowest BCUT2D eigenvalue weighted by atomic mass is 10.1. The number of anilines is 1. The van der Waals surface area contributed by atoms with Crippen molar-refractivity contribution < 1.29 is 4.79 Å². The van der Waals surface area contributed by atoms with E-state index in [2.05, 4.69) is 14.9 Å². The highest BCUT2D eigenvalue weighted by atomic mass is 16.2. The van der Waals surface area contributed by atoms with Crippen LogP contribution in [-0.4, -0.2) is 51.9 Å². The molecule has 1 saturated heterocycles. The molecule has 2 aromatic heterocycles. The van der Waals surface area contributed by atoms with Crippen LogP contribution in [0.15, 0.2) is 79.0 Å². The molecule has 1 aliphatic rings. The second-order valence-corrected chi connectivity index (χ2v) is 7.25. The summed E-state index contributed by atoms with van der Waals surface area (Å²) < 4.78 is 0. The van der Waals surface area contributed by atoms with Crippen LogP contribution in [0.4, 0.5) is 5.82 Å². The lowest BCUT2D eigenvalue weighted by Gasteiger charge is -2.35. The van der Waals surface area contributed by atoms with Crippen LogP contribution in [0.1, 0.15) is 10.5 Å². The van der Waals surface area contributed by atoms with E-state index in [9.17, 15) is 4.79 Å². The summed E-state index contributed by atoms with van der Waals surface area (Å²) in [4.78, 5) is 31.3. The molecule has 0 saturated carbocycles. The molecule has 0 N–H and O–H groups in total. The average molecular weight is 395 g/mol. The third-order valence-corrected chi connectivity index (χ3v) is 5.38. The van der Waals surface area contributed by atoms with E-state index in [1.165, 1.54) is 0 Å². The zero-order valence-electron chi connectivity index (χ0n) is 16.5. The molecule has 6 heteroatoms. The van der Waals surface area contributed by atoms with Crippen LogP contribution in [0.25, 0.3) is 22.3 Å². The molecule has 0 aliphatic carbocycles. The minimum atomic E-state index is -0.0496. The van der Waals surface area contributed by atoms with Crippen LogP contribution in [0, 0.1) is 0 Å². The summed E-state index contributed by atoms with van der Waals surface area (Å²) >= 11 is 0. The van der Waals surface area contributed by atoms with Gasteiger partial charge in [-0.1, -0.05) is 54.6 Å². The Morgan fingerprint density at radius 2 is 1.50 bits per heavy atom. The molecule has 30 heavy (non-hydrogen) atoms. The van der Waals surface area contributed by atoms with Gasteiger partial charge in [0, 0.05) is 43.3 Å². The van der Waals surface area contributed by atoms with Crippen molar-refractivity contribution in [3.63, 3.8) is 0 Å². The largest absolute Gasteiger partial charge is 0.353 e. The van der Waals surface area contributed by atoms with Crippen molar-refractivity contribution in [1.29, 1.82) is 0 Å². The Labute approximate surface area is 174 Å². The summed E-state index contributed by atoms with van der Waals surface area (Å²) in [5.41, 5.74) is 2.14. The zero-order valence-corrected chi connectivity index (χ0v) is 16.5. The van der Waals surface area contributed by atoms with Gasteiger partial charge in [0.15, 0.2) is 5.82 Å². The number of carbonyl (C=O) groups is 1. The Hall–Kier alpha value is -3.80. The fourth-order valence-corrected chi connectivity index (χ4v) is 3.79. The summed E-state index contributed by atoms with van der Waals surface area (Å²) in [5.74, 6) is 1.47. The fraction of sp³-hybridized carbons (Fsp3) is 0.167. The molecule has 148 valence electrons. The Bertz CT molecular complexity index is 1170. The Kier molecular flexibility index (Phi) is 4.81. The van der Waals surface area contributed by atoms with Crippen molar-refractivity contribution >= 4 is 22.6 Å². The van der Waals surface area contributed by atoms with Crippen molar-refractivity contribution in [2.75, 3.05) is 31.1 Å². The van der Waals surface area contributed by atoms with E-state index in [4.69, 9.17) is 4.98 Å². The van der Waals surface area contributed by atoms with E-state index >= 15 is 0 Å². The summed E-state index contributed by atoms with van der Waals surface area (Å²) in [6.45, 7) is 2.76. The first kappa shape index (κ1) is 18.2. The molecule has 0 atom stereocenters. The van der Waals surface area contributed by atoms with Crippen LogP contribution in [-0.2, 0) is 0 Å². The maximum Gasteiger partial charge on any atom is 0.273 e. The lowest BCUT2D eigenvalue weighted by molar-refractivity contribution is 0.0743. The van der Waals surface area contributed by atoms with Crippen LogP contribution in [0.5, 0.6) is 0 Å². The minimum Gasteiger partial charge on any atom is -0.353 e. The van der Waals surface area contributed by atoms with Gasteiger partial charge >= 0.3 is 0 Å². The zero-order chi connectivity index (χ0) is 20.3. The number of fused-ring (bicyclic) bond motifs is 1. The molecular formula is C24H21N5O. The van der Waals surface area contributed by atoms with Crippen molar-refractivity contribution in [3.05, 3.63) is 84.7 Å². The van der Waals surface area contributed by atoms with Gasteiger partial charge in [0.25, 0.3) is 5.91 Å². The maximum atomic E-state index is 13.4. The number of hydrogen-bond donors (Lipinski definition) is 0. The number of para-hydroxylation sites is 1. The van der Waals surface area contributed by atoms with Gasteiger partial charge < -0.3 is 9.80 Å². The van der Waals surface area contributed by atoms with Crippen molar-refractivity contribution in [2.45, 2.75) is 0 Å². The highest BCUT2D eigenvalue weighted by Gasteiger charge is 2.25. The first-order valence-corrected chi connectivity index (χ1v) is 10.1. The monoisotopic (exact) mass is 395 g/mol. The van der Waals surface area contributed by atoms with Crippen LogP contribution in [0.3, 0.4) is 0 Å². The number of amides is 1. The number of rotatable bonds is 3. The number of hydrogen-bond acceptors (Lipinski definition) is 5. The number of benzene rings is 2. The third-order valence-electron chi connectivity index (χ3n) is 5.38. The summed E-state index contributed by atoms with van der Waals surface area (Å²) in [7, 11) is 0. The first-order chi connectivity index (χ1) is 14.8.